The molecule has 2 aromatic rings. The van der Waals surface area contributed by atoms with Crippen LogP contribution in [0.1, 0.15) is 12.1 Å². The molecule has 1 N–H and O–H groups in total. The fourth-order valence-electron chi connectivity index (χ4n) is 2.52. The van der Waals surface area contributed by atoms with Crippen LogP contribution in [0.25, 0.3) is 17.1 Å². The number of carbonyl (C=O) groups is 2. The number of rotatable bonds is 6. The highest BCUT2D eigenvalue weighted by atomic mass is 32.2. The molecule has 2 heterocycles. The van der Waals surface area contributed by atoms with Crippen LogP contribution < -0.4 is 0 Å². The van der Waals surface area contributed by atoms with Gasteiger partial charge < -0.3 is 5.11 Å². The van der Waals surface area contributed by atoms with E-state index in [0.717, 1.165) is 22.8 Å². The molecular weight excluding hydrogens is 390 g/mol. The molecule has 1 aromatic heterocycles. The number of hydrogen-bond acceptors (Lipinski definition) is 7. The Morgan fingerprint density at radius 3 is 2.85 bits per heavy atom. The molecule has 0 saturated carbocycles. The predicted molar refractivity (Wildman–Crippen MR) is 109 cm³/mol. The Balaban J connectivity index is 1.89. The molecule has 1 unspecified atom stereocenters. The second-order valence-electron chi connectivity index (χ2n) is 5.47. The summed E-state index contributed by atoms with van der Waals surface area (Å²) >= 11 is 7.88. The summed E-state index contributed by atoms with van der Waals surface area (Å²) in [5.41, 5.74) is 2.01. The lowest BCUT2D eigenvalue weighted by atomic mass is 10.2. The van der Waals surface area contributed by atoms with E-state index in [1.54, 1.807) is 12.3 Å². The third kappa shape index (κ3) is 3.89. The molecule has 3 rings (SSSR count). The molecule has 1 saturated heterocycles. The first-order valence-corrected chi connectivity index (χ1v) is 10.3. The normalized spacial score (nSPS) is 17.3. The monoisotopic (exact) mass is 405 g/mol. The van der Waals surface area contributed by atoms with Crippen molar-refractivity contribution in [3.63, 3.8) is 0 Å². The van der Waals surface area contributed by atoms with Crippen LogP contribution >= 0.6 is 35.7 Å². The highest BCUT2D eigenvalue weighted by Gasteiger charge is 2.40. The van der Waals surface area contributed by atoms with Crippen LogP contribution in [0.2, 0.25) is 0 Å². The van der Waals surface area contributed by atoms with Crippen molar-refractivity contribution < 1.29 is 14.7 Å². The van der Waals surface area contributed by atoms with Gasteiger partial charge in [-0.15, -0.1) is 0 Å². The SMILES string of the molecule is CSCCC(C(=O)O)N1C(=O)/C(=C\c2cnc3ccccc3n2)SC1=S. The van der Waals surface area contributed by atoms with Gasteiger partial charge >= 0.3 is 5.97 Å². The lowest BCUT2D eigenvalue weighted by molar-refractivity contribution is -0.145. The molecule has 1 amide bonds. The summed E-state index contributed by atoms with van der Waals surface area (Å²) in [5.74, 6) is -0.825. The van der Waals surface area contributed by atoms with E-state index in [-0.39, 0.29) is 4.32 Å². The topological polar surface area (TPSA) is 83.4 Å². The van der Waals surface area contributed by atoms with Crippen molar-refractivity contribution >= 4 is 69.0 Å². The number of thioether (sulfide) groups is 2. The van der Waals surface area contributed by atoms with E-state index in [4.69, 9.17) is 12.2 Å². The minimum absolute atomic E-state index is 0.253. The molecular formula is C17H15N3O3S3. The number of amides is 1. The summed E-state index contributed by atoms with van der Waals surface area (Å²) in [6.45, 7) is 0. The summed E-state index contributed by atoms with van der Waals surface area (Å²) in [6.07, 6.45) is 5.41. The van der Waals surface area contributed by atoms with Gasteiger partial charge in [0.2, 0.25) is 0 Å². The molecule has 134 valence electrons. The third-order valence-corrected chi connectivity index (χ3v) is 5.74. The lowest BCUT2D eigenvalue weighted by Crippen LogP contribution is -2.44. The summed E-state index contributed by atoms with van der Waals surface area (Å²) in [4.78, 5) is 34.6. The van der Waals surface area contributed by atoms with Gasteiger partial charge in [0, 0.05) is 0 Å². The van der Waals surface area contributed by atoms with Gasteiger partial charge in [0.1, 0.15) is 10.4 Å². The average Bonchev–Trinajstić information content (AvgIpc) is 2.89. The van der Waals surface area contributed by atoms with Crippen LogP contribution in [0.4, 0.5) is 0 Å². The number of benzene rings is 1. The van der Waals surface area contributed by atoms with Gasteiger partial charge in [0.05, 0.1) is 27.8 Å². The molecule has 6 nitrogen and oxygen atoms in total. The van der Waals surface area contributed by atoms with Crippen LogP contribution in [0.5, 0.6) is 0 Å². The predicted octanol–water partition coefficient (Wildman–Crippen LogP) is 3.04. The van der Waals surface area contributed by atoms with Gasteiger partial charge in [-0.2, -0.15) is 11.8 Å². The van der Waals surface area contributed by atoms with Crippen LogP contribution in [0, 0.1) is 0 Å². The van der Waals surface area contributed by atoms with Crippen molar-refractivity contribution in [2.24, 2.45) is 0 Å². The Bertz CT molecular complexity index is 916. The van der Waals surface area contributed by atoms with Crippen LogP contribution in [0.15, 0.2) is 35.4 Å². The van der Waals surface area contributed by atoms with Crippen molar-refractivity contribution in [2.75, 3.05) is 12.0 Å². The maximum absolute atomic E-state index is 12.7. The fourth-order valence-corrected chi connectivity index (χ4v) is 4.32. The number of aromatic nitrogens is 2. The summed E-state index contributed by atoms with van der Waals surface area (Å²) < 4.78 is 0.253. The van der Waals surface area contributed by atoms with Crippen LogP contribution in [-0.2, 0) is 9.59 Å². The summed E-state index contributed by atoms with van der Waals surface area (Å²) in [7, 11) is 0. The largest absolute Gasteiger partial charge is 0.480 e. The van der Waals surface area contributed by atoms with E-state index >= 15 is 0 Å². The highest BCUT2D eigenvalue weighted by molar-refractivity contribution is 8.26. The highest BCUT2D eigenvalue weighted by Crippen LogP contribution is 2.34. The van der Waals surface area contributed by atoms with Crippen molar-refractivity contribution in [2.45, 2.75) is 12.5 Å². The first-order valence-electron chi connectivity index (χ1n) is 7.72. The van der Waals surface area contributed by atoms with E-state index in [0.29, 0.717) is 22.8 Å². The molecule has 1 aliphatic heterocycles. The Kier molecular flexibility index (Phi) is 5.90. The first-order chi connectivity index (χ1) is 12.5. The molecule has 0 radical (unpaired) electrons. The fraction of sp³-hybridized carbons (Fsp3) is 0.235. The minimum Gasteiger partial charge on any atom is -0.480 e. The van der Waals surface area contributed by atoms with Gasteiger partial charge in [-0.3, -0.25) is 14.7 Å². The molecule has 1 aliphatic rings. The second kappa shape index (κ2) is 8.15. The molecule has 1 fully saturated rings. The van der Waals surface area contributed by atoms with E-state index in [1.165, 1.54) is 16.7 Å². The Labute approximate surface area is 164 Å². The first kappa shape index (κ1) is 18.8. The lowest BCUT2D eigenvalue weighted by Gasteiger charge is -2.22. The van der Waals surface area contributed by atoms with E-state index < -0.39 is 17.9 Å². The smallest absolute Gasteiger partial charge is 0.326 e. The van der Waals surface area contributed by atoms with Crippen molar-refractivity contribution in [1.29, 1.82) is 0 Å². The van der Waals surface area contributed by atoms with E-state index in [2.05, 4.69) is 9.97 Å². The number of aliphatic carboxylic acids is 1. The minimum atomic E-state index is -1.05. The number of carboxylic acids is 1. The Morgan fingerprint density at radius 2 is 2.15 bits per heavy atom. The van der Waals surface area contributed by atoms with Gasteiger partial charge in [-0.05, 0) is 36.6 Å². The number of thiocarbonyl (C=S) groups is 1. The molecule has 0 bridgehead atoms. The standard InChI is InChI=1S/C17H15N3O3S3/c1-25-7-6-13(16(22)23)20-15(21)14(26-17(20)24)8-10-9-18-11-4-2-3-5-12(11)19-10/h2-5,8-9,13H,6-7H2,1H3,(H,22,23)/b14-8+. The molecule has 1 aromatic carbocycles. The number of hydrogen-bond donors (Lipinski definition) is 1. The average molecular weight is 406 g/mol. The van der Waals surface area contributed by atoms with Crippen LogP contribution in [0.3, 0.4) is 0 Å². The zero-order chi connectivity index (χ0) is 18.7. The maximum Gasteiger partial charge on any atom is 0.326 e. The number of para-hydroxylation sites is 2. The molecule has 26 heavy (non-hydrogen) atoms. The van der Waals surface area contributed by atoms with Gasteiger partial charge in [0.25, 0.3) is 5.91 Å². The van der Waals surface area contributed by atoms with Crippen molar-refractivity contribution in [3.05, 3.63) is 41.1 Å². The number of fused-ring (bicyclic) bond motifs is 1. The number of carboxylic acid groups (broad SMARTS) is 1. The van der Waals surface area contributed by atoms with Gasteiger partial charge in [0.15, 0.2) is 0 Å². The summed E-state index contributed by atoms with van der Waals surface area (Å²) in [6, 6.07) is 6.48. The molecule has 1 atom stereocenters. The second-order valence-corrected chi connectivity index (χ2v) is 8.13. The maximum atomic E-state index is 12.7. The Morgan fingerprint density at radius 1 is 1.42 bits per heavy atom. The van der Waals surface area contributed by atoms with Gasteiger partial charge in [-0.25, -0.2) is 9.78 Å². The molecule has 9 heteroatoms. The van der Waals surface area contributed by atoms with Crippen LogP contribution in [-0.4, -0.2) is 54.2 Å². The van der Waals surface area contributed by atoms with Crippen molar-refractivity contribution in [1.82, 2.24) is 14.9 Å². The van der Waals surface area contributed by atoms with E-state index in [9.17, 15) is 14.7 Å². The molecule has 0 spiro atoms. The zero-order valence-corrected chi connectivity index (χ0v) is 16.2. The summed E-state index contributed by atoms with van der Waals surface area (Å²) in [5, 5.41) is 9.48. The molecule has 0 aliphatic carbocycles. The quantitative estimate of drug-likeness (QED) is 0.580. The Hall–Kier alpha value is -1.97. The van der Waals surface area contributed by atoms with Gasteiger partial charge in [-0.1, -0.05) is 36.1 Å². The number of nitrogens with zero attached hydrogens (tertiary/aromatic N) is 3. The zero-order valence-electron chi connectivity index (χ0n) is 13.8. The van der Waals surface area contributed by atoms with E-state index in [1.807, 2.05) is 30.5 Å². The number of carbonyl (C=O) groups excluding carboxylic acids is 1. The third-order valence-electron chi connectivity index (χ3n) is 3.76. The van der Waals surface area contributed by atoms with Crippen molar-refractivity contribution in [3.8, 4) is 0 Å².